The van der Waals surface area contributed by atoms with Crippen LogP contribution in [0.15, 0.2) is 24.3 Å². The molecule has 2 rings (SSSR count). The second-order valence-electron chi connectivity index (χ2n) is 6.51. The van der Waals surface area contributed by atoms with Gasteiger partial charge in [-0.25, -0.2) is 0 Å². The fraction of sp³-hybridized carbons (Fsp3) is 0.632. The topological polar surface area (TPSA) is 32.8 Å². The fourth-order valence-electron chi connectivity index (χ4n) is 3.06. The van der Waals surface area contributed by atoms with Gasteiger partial charge in [0, 0.05) is 52.4 Å². The second-order valence-corrected chi connectivity index (χ2v) is 6.51. The fourth-order valence-corrected chi connectivity index (χ4v) is 3.06. The summed E-state index contributed by atoms with van der Waals surface area (Å²) in [6, 6.07) is 5.32. The highest BCUT2D eigenvalue weighted by Gasteiger charge is 2.30. The van der Waals surface area contributed by atoms with Crippen LogP contribution in [0, 0.1) is 0 Å². The van der Waals surface area contributed by atoms with Crippen LogP contribution in [0.25, 0.3) is 0 Å². The van der Waals surface area contributed by atoms with Gasteiger partial charge in [-0.1, -0.05) is 12.1 Å². The molecule has 1 fully saturated rings. The van der Waals surface area contributed by atoms with Crippen molar-refractivity contribution in [2.24, 2.45) is 0 Å². The van der Waals surface area contributed by atoms with Gasteiger partial charge in [-0.05, 0) is 37.5 Å². The van der Waals surface area contributed by atoms with Gasteiger partial charge in [0.15, 0.2) is 0 Å². The zero-order valence-electron chi connectivity index (χ0n) is 15.2. The van der Waals surface area contributed by atoms with Crippen LogP contribution in [0.4, 0.5) is 13.2 Å². The number of benzene rings is 1. The summed E-state index contributed by atoms with van der Waals surface area (Å²) in [5.41, 5.74) is 0.232. The van der Waals surface area contributed by atoms with Gasteiger partial charge >= 0.3 is 6.18 Å². The number of hydrogen-bond donors (Lipinski definition) is 0. The van der Waals surface area contributed by atoms with E-state index in [9.17, 15) is 18.0 Å². The first-order chi connectivity index (χ1) is 12.4. The molecule has 0 N–H and O–H groups in total. The molecule has 0 aromatic heterocycles. The van der Waals surface area contributed by atoms with E-state index in [0.717, 1.165) is 50.2 Å². The van der Waals surface area contributed by atoms with Crippen molar-refractivity contribution in [2.45, 2.75) is 38.9 Å². The summed E-state index contributed by atoms with van der Waals surface area (Å²) in [7, 11) is 0. The van der Waals surface area contributed by atoms with Gasteiger partial charge < -0.3 is 9.64 Å². The third-order valence-corrected chi connectivity index (χ3v) is 4.51. The van der Waals surface area contributed by atoms with Gasteiger partial charge in [0.2, 0.25) is 5.91 Å². The molecule has 0 unspecified atom stereocenters. The van der Waals surface area contributed by atoms with Gasteiger partial charge in [0.25, 0.3) is 0 Å². The number of ether oxygens (including phenoxy) is 1. The van der Waals surface area contributed by atoms with Crippen molar-refractivity contribution in [1.82, 2.24) is 9.80 Å². The number of carbonyl (C=O) groups is 1. The van der Waals surface area contributed by atoms with E-state index in [1.54, 1.807) is 0 Å². The van der Waals surface area contributed by atoms with E-state index in [0.29, 0.717) is 32.7 Å². The first kappa shape index (κ1) is 20.7. The Bertz CT molecular complexity index is 561. The summed E-state index contributed by atoms with van der Waals surface area (Å²) in [4.78, 5) is 16.3. The molecule has 4 nitrogen and oxygen atoms in total. The van der Waals surface area contributed by atoms with E-state index in [1.807, 2.05) is 11.8 Å². The Morgan fingerprint density at radius 2 is 1.85 bits per heavy atom. The van der Waals surface area contributed by atoms with Crippen molar-refractivity contribution in [3.8, 4) is 0 Å². The highest BCUT2D eigenvalue weighted by atomic mass is 19.4. The number of halogens is 3. The van der Waals surface area contributed by atoms with Crippen molar-refractivity contribution < 1.29 is 22.7 Å². The minimum atomic E-state index is -4.30. The Labute approximate surface area is 152 Å². The molecule has 0 bridgehead atoms. The molecule has 1 heterocycles. The first-order valence-electron chi connectivity index (χ1n) is 9.14. The summed E-state index contributed by atoms with van der Waals surface area (Å²) in [5.74, 6) is 0.154. The number of amides is 1. The van der Waals surface area contributed by atoms with Crippen LogP contribution in [0.3, 0.4) is 0 Å². The molecule has 0 atom stereocenters. The van der Waals surface area contributed by atoms with Crippen LogP contribution in [-0.2, 0) is 22.3 Å². The molecular formula is C19H27F3N2O2. The Kier molecular flexibility index (Phi) is 7.90. The van der Waals surface area contributed by atoms with Crippen LogP contribution in [0.1, 0.15) is 37.3 Å². The number of rotatable bonds is 7. The predicted molar refractivity (Wildman–Crippen MR) is 93.6 cm³/mol. The molecule has 1 aromatic carbocycles. The van der Waals surface area contributed by atoms with E-state index in [4.69, 9.17) is 4.74 Å². The van der Waals surface area contributed by atoms with Crippen LogP contribution in [0.5, 0.6) is 0 Å². The van der Waals surface area contributed by atoms with Crippen LogP contribution >= 0.6 is 0 Å². The summed E-state index contributed by atoms with van der Waals surface area (Å²) in [6.45, 7) is 6.77. The quantitative estimate of drug-likeness (QED) is 0.686. The highest BCUT2D eigenvalue weighted by molar-refractivity contribution is 5.76. The van der Waals surface area contributed by atoms with E-state index in [-0.39, 0.29) is 5.91 Å². The molecular weight excluding hydrogens is 345 g/mol. The monoisotopic (exact) mass is 372 g/mol. The summed E-state index contributed by atoms with van der Waals surface area (Å²) < 4.78 is 43.1. The minimum Gasteiger partial charge on any atom is -0.382 e. The van der Waals surface area contributed by atoms with E-state index < -0.39 is 11.7 Å². The number of nitrogens with zero attached hydrogens (tertiary/aromatic N) is 2. The highest BCUT2D eigenvalue weighted by Crippen LogP contribution is 2.29. The van der Waals surface area contributed by atoms with Gasteiger partial charge in [-0.15, -0.1) is 0 Å². The zero-order valence-corrected chi connectivity index (χ0v) is 15.2. The predicted octanol–water partition coefficient (Wildman–Crippen LogP) is 3.56. The molecule has 1 saturated heterocycles. The third kappa shape index (κ3) is 6.61. The number of alkyl halides is 3. The van der Waals surface area contributed by atoms with Gasteiger partial charge in [-0.3, -0.25) is 9.69 Å². The molecule has 0 radical (unpaired) electrons. The maximum atomic E-state index is 12.6. The molecule has 1 amide bonds. The standard InChI is InChI=1S/C19H27F3N2O2/c1-2-26-14-3-5-18(25)24-11-4-10-23(12-13-24)15-16-6-8-17(9-7-16)19(20,21)22/h6-9H,2-5,10-15H2,1H3. The molecule has 0 aliphatic carbocycles. The first-order valence-corrected chi connectivity index (χ1v) is 9.14. The SMILES string of the molecule is CCOCCCC(=O)N1CCCN(Cc2ccc(C(F)(F)F)cc2)CC1. The van der Waals surface area contributed by atoms with E-state index in [2.05, 4.69) is 4.90 Å². The smallest absolute Gasteiger partial charge is 0.382 e. The third-order valence-electron chi connectivity index (χ3n) is 4.51. The summed E-state index contributed by atoms with van der Waals surface area (Å²) in [6.07, 6.45) is -2.20. The van der Waals surface area contributed by atoms with Crippen LogP contribution < -0.4 is 0 Å². The average molecular weight is 372 g/mol. The normalized spacial score (nSPS) is 16.5. The van der Waals surface area contributed by atoms with Crippen molar-refractivity contribution in [3.05, 3.63) is 35.4 Å². The van der Waals surface area contributed by atoms with Crippen LogP contribution in [-0.4, -0.2) is 55.1 Å². The largest absolute Gasteiger partial charge is 0.416 e. The lowest BCUT2D eigenvalue weighted by atomic mass is 10.1. The Morgan fingerprint density at radius 3 is 2.50 bits per heavy atom. The van der Waals surface area contributed by atoms with Gasteiger partial charge in [0.1, 0.15) is 0 Å². The van der Waals surface area contributed by atoms with Crippen molar-refractivity contribution in [1.29, 1.82) is 0 Å². The Hall–Kier alpha value is -1.60. The molecule has 1 aromatic rings. The molecule has 0 spiro atoms. The van der Waals surface area contributed by atoms with Crippen molar-refractivity contribution in [3.63, 3.8) is 0 Å². The summed E-state index contributed by atoms with van der Waals surface area (Å²) in [5, 5.41) is 0. The Morgan fingerprint density at radius 1 is 1.12 bits per heavy atom. The maximum Gasteiger partial charge on any atom is 0.416 e. The number of carbonyl (C=O) groups excluding carboxylic acids is 1. The number of hydrogen-bond acceptors (Lipinski definition) is 3. The van der Waals surface area contributed by atoms with Crippen molar-refractivity contribution >= 4 is 5.91 Å². The molecule has 0 saturated carbocycles. The lowest BCUT2D eigenvalue weighted by Crippen LogP contribution is -2.35. The van der Waals surface area contributed by atoms with E-state index in [1.165, 1.54) is 12.1 Å². The molecule has 7 heteroatoms. The average Bonchev–Trinajstić information content (AvgIpc) is 2.84. The maximum absolute atomic E-state index is 12.6. The molecule has 1 aliphatic heterocycles. The molecule has 146 valence electrons. The zero-order chi connectivity index (χ0) is 19.0. The van der Waals surface area contributed by atoms with Crippen LogP contribution in [0.2, 0.25) is 0 Å². The minimum absolute atomic E-state index is 0.154. The van der Waals surface area contributed by atoms with Gasteiger partial charge in [-0.2, -0.15) is 13.2 Å². The van der Waals surface area contributed by atoms with Crippen molar-refractivity contribution in [2.75, 3.05) is 39.4 Å². The summed E-state index contributed by atoms with van der Waals surface area (Å²) >= 11 is 0. The van der Waals surface area contributed by atoms with E-state index >= 15 is 0 Å². The lowest BCUT2D eigenvalue weighted by Gasteiger charge is -2.22. The lowest BCUT2D eigenvalue weighted by molar-refractivity contribution is -0.137. The van der Waals surface area contributed by atoms with Gasteiger partial charge in [0.05, 0.1) is 5.56 Å². The molecule has 1 aliphatic rings. The molecule has 26 heavy (non-hydrogen) atoms. The Balaban J connectivity index is 1.80. The second kappa shape index (κ2) is 9.92.